The molecular weight excluding hydrogens is 240 g/mol. The van der Waals surface area contributed by atoms with Gasteiger partial charge in [-0.25, -0.2) is 9.59 Å². The number of hydrogen-bond acceptors (Lipinski definition) is 3. The highest BCUT2D eigenvalue weighted by Gasteiger charge is 2.06. The van der Waals surface area contributed by atoms with Crippen LogP contribution < -0.4 is 5.32 Å². The number of aliphatic carboxylic acids is 1. The van der Waals surface area contributed by atoms with Gasteiger partial charge in [-0.05, 0) is 23.1 Å². The number of carbonyl (C=O) groups is 2. The van der Waals surface area contributed by atoms with Crippen LogP contribution in [0.4, 0.5) is 4.79 Å². The SMILES string of the molecule is CN(C)C(=O)NCc1sccc1C=CC(=O)O. The molecular formula is C11H14N2O3S. The lowest BCUT2D eigenvalue weighted by Crippen LogP contribution is -2.33. The molecule has 2 N–H and O–H groups in total. The summed E-state index contributed by atoms with van der Waals surface area (Å²) in [6.45, 7) is 0.397. The third-order valence-electron chi connectivity index (χ3n) is 1.99. The smallest absolute Gasteiger partial charge is 0.328 e. The van der Waals surface area contributed by atoms with Crippen molar-refractivity contribution in [1.29, 1.82) is 0 Å². The van der Waals surface area contributed by atoms with Gasteiger partial charge in [0, 0.05) is 25.0 Å². The third kappa shape index (κ3) is 4.28. The molecule has 2 amide bonds. The fraction of sp³-hybridized carbons (Fsp3) is 0.273. The second kappa shape index (κ2) is 6.05. The van der Waals surface area contributed by atoms with Gasteiger partial charge in [0.25, 0.3) is 0 Å². The number of carbonyl (C=O) groups excluding carboxylic acids is 1. The monoisotopic (exact) mass is 254 g/mol. The van der Waals surface area contributed by atoms with Gasteiger partial charge < -0.3 is 15.3 Å². The molecule has 0 spiro atoms. The van der Waals surface area contributed by atoms with Crippen LogP contribution in [0.5, 0.6) is 0 Å². The highest BCUT2D eigenvalue weighted by atomic mass is 32.1. The number of amides is 2. The van der Waals surface area contributed by atoms with E-state index in [1.807, 2.05) is 11.4 Å². The summed E-state index contributed by atoms with van der Waals surface area (Å²) in [6, 6.07) is 1.65. The van der Waals surface area contributed by atoms with Gasteiger partial charge in [-0.1, -0.05) is 0 Å². The molecule has 92 valence electrons. The summed E-state index contributed by atoms with van der Waals surface area (Å²) in [5.41, 5.74) is 0.816. The van der Waals surface area contributed by atoms with Gasteiger partial charge in [0.2, 0.25) is 0 Å². The van der Waals surface area contributed by atoms with Crippen LogP contribution in [-0.4, -0.2) is 36.1 Å². The molecule has 0 aliphatic rings. The summed E-state index contributed by atoms with van der Waals surface area (Å²) >= 11 is 1.48. The zero-order valence-electron chi connectivity index (χ0n) is 9.64. The van der Waals surface area contributed by atoms with Gasteiger partial charge in [0.1, 0.15) is 0 Å². The van der Waals surface area contributed by atoms with Crippen molar-refractivity contribution in [1.82, 2.24) is 10.2 Å². The predicted molar refractivity (Wildman–Crippen MR) is 66.9 cm³/mol. The van der Waals surface area contributed by atoms with Crippen molar-refractivity contribution in [3.63, 3.8) is 0 Å². The second-order valence-electron chi connectivity index (χ2n) is 3.52. The molecule has 0 unspecified atom stereocenters. The van der Waals surface area contributed by atoms with Gasteiger partial charge in [-0.15, -0.1) is 11.3 Å². The van der Waals surface area contributed by atoms with E-state index in [-0.39, 0.29) is 6.03 Å². The van der Waals surface area contributed by atoms with E-state index in [0.29, 0.717) is 6.54 Å². The molecule has 1 heterocycles. The minimum absolute atomic E-state index is 0.174. The average molecular weight is 254 g/mol. The Labute approximate surface area is 103 Å². The van der Waals surface area contributed by atoms with E-state index in [9.17, 15) is 9.59 Å². The number of thiophene rings is 1. The van der Waals surface area contributed by atoms with Crippen LogP contribution in [0.25, 0.3) is 6.08 Å². The van der Waals surface area contributed by atoms with Crippen molar-refractivity contribution in [3.05, 3.63) is 28.0 Å². The molecule has 0 radical (unpaired) electrons. The topological polar surface area (TPSA) is 69.6 Å². The zero-order valence-corrected chi connectivity index (χ0v) is 10.5. The largest absolute Gasteiger partial charge is 0.478 e. The van der Waals surface area contributed by atoms with Crippen LogP contribution in [0, 0.1) is 0 Å². The zero-order chi connectivity index (χ0) is 12.8. The molecule has 1 aromatic rings. The molecule has 0 saturated carbocycles. The van der Waals surface area contributed by atoms with Crippen LogP contribution in [0.2, 0.25) is 0 Å². The van der Waals surface area contributed by atoms with Crippen molar-refractivity contribution in [2.45, 2.75) is 6.54 Å². The van der Waals surface area contributed by atoms with E-state index in [0.717, 1.165) is 16.5 Å². The summed E-state index contributed by atoms with van der Waals surface area (Å²) in [5, 5.41) is 13.1. The summed E-state index contributed by atoms with van der Waals surface area (Å²) in [7, 11) is 3.32. The molecule has 0 aromatic carbocycles. The van der Waals surface area contributed by atoms with Gasteiger partial charge in [-0.3, -0.25) is 0 Å². The second-order valence-corrected chi connectivity index (χ2v) is 4.52. The van der Waals surface area contributed by atoms with Crippen molar-refractivity contribution >= 4 is 29.4 Å². The van der Waals surface area contributed by atoms with E-state index in [4.69, 9.17) is 5.11 Å². The van der Waals surface area contributed by atoms with Crippen LogP contribution in [0.1, 0.15) is 10.4 Å². The summed E-state index contributed by atoms with van der Waals surface area (Å²) in [4.78, 5) is 24.1. The van der Waals surface area contributed by atoms with E-state index in [1.54, 1.807) is 14.1 Å². The van der Waals surface area contributed by atoms with Crippen molar-refractivity contribution in [3.8, 4) is 0 Å². The normalized spacial score (nSPS) is 10.5. The summed E-state index contributed by atoms with van der Waals surface area (Å²) < 4.78 is 0. The quantitative estimate of drug-likeness (QED) is 0.802. The Hall–Kier alpha value is -1.82. The van der Waals surface area contributed by atoms with Crippen LogP contribution in [0.3, 0.4) is 0 Å². The molecule has 0 aliphatic carbocycles. The number of urea groups is 1. The van der Waals surface area contributed by atoms with E-state index >= 15 is 0 Å². The third-order valence-corrected chi connectivity index (χ3v) is 2.93. The molecule has 6 heteroatoms. The standard InChI is InChI=1S/C11H14N2O3S/c1-13(2)11(16)12-7-9-8(5-6-17-9)3-4-10(14)15/h3-6H,7H2,1-2H3,(H,12,16)(H,14,15). The van der Waals surface area contributed by atoms with Gasteiger partial charge in [-0.2, -0.15) is 0 Å². The Morgan fingerprint density at radius 3 is 2.82 bits per heavy atom. The highest BCUT2D eigenvalue weighted by molar-refractivity contribution is 7.10. The molecule has 0 aliphatic heterocycles. The number of nitrogens with one attached hydrogen (secondary N) is 1. The van der Waals surface area contributed by atoms with Crippen LogP contribution >= 0.6 is 11.3 Å². The summed E-state index contributed by atoms with van der Waals surface area (Å²) in [6.07, 6.45) is 2.61. The fourth-order valence-electron chi connectivity index (χ4n) is 1.12. The lowest BCUT2D eigenvalue weighted by atomic mass is 10.2. The van der Waals surface area contributed by atoms with Crippen molar-refractivity contribution in [2.24, 2.45) is 0 Å². The maximum atomic E-state index is 11.3. The molecule has 0 bridgehead atoms. The van der Waals surface area contributed by atoms with Crippen molar-refractivity contribution < 1.29 is 14.7 Å². The molecule has 1 rings (SSSR count). The first-order valence-corrected chi connectivity index (χ1v) is 5.81. The van der Waals surface area contributed by atoms with Gasteiger partial charge in [0.05, 0.1) is 6.54 Å². The maximum Gasteiger partial charge on any atom is 0.328 e. The molecule has 0 saturated heterocycles. The number of carboxylic acids is 1. The Kier molecular flexibility index (Phi) is 4.71. The predicted octanol–water partition coefficient (Wildman–Crippen LogP) is 1.62. The molecule has 17 heavy (non-hydrogen) atoms. The van der Waals surface area contributed by atoms with Gasteiger partial charge in [0.15, 0.2) is 0 Å². The first-order chi connectivity index (χ1) is 8.00. The number of hydrogen-bond donors (Lipinski definition) is 2. The highest BCUT2D eigenvalue weighted by Crippen LogP contribution is 2.18. The van der Waals surface area contributed by atoms with Gasteiger partial charge >= 0.3 is 12.0 Å². The number of rotatable bonds is 4. The van der Waals surface area contributed by atoms with E-state index in [2.05, 4.69) is 5.32 Å². The lowest BCUT2D eigenvalue weighted by molar-refractivity contribution is -0.131. The first-order valence-electron chi connectivity index (χ1n) is 4.93. The molecule has 5 nitrogen and oxygen atoms in total. The molecule has 0 fully saturated rings. The Morgan fingerprint density at radius 2 is 2.24 bits per heavy atom. The van der Waals surface area contributed by atoms with E-state index < -0.39 is 5.97 Å². The van der Waals surface area contributed by atoms with Crippen molar-refractivity contribution in [2.75, 3.05) is 14.1 Å². The van der Waals surface area contributed by atoms with Crippen LogP contribution in [0.15, 0.2) is 17.5 Å². The van der Waals surface area contributed by atoms with Crippen LogP contribution in [-0.2, 0) is 11.3 Å². The summed E-state index contributed by atoms with van der Waals surface area (Å²) in [5.74, 6) is -0.987. The molecule has 0 atom stereocenters. The minimum atomic E-state index is -0.987. The Bertz CT molecular complexity index is 438. The fourth-order valence-corrected chi connectivity index (χ4v) is 1.92. The molecule has 1 aromatic heterocycles. The maximum absolute atomic E-state index is 11.3. The first kappa shape index (κ1) is 13.2. The average Bonchev–Trinajstić information content (AvgIpc) is 2.70. The lowest BCUT2D eigenvalue weighted by Gasteiger charge is -2.11. The number of carboxylic acid groups (broad SMARTS) is 1. The Morgan fingerprint density at radius 1 is 1.53 bits per heavy atom. The Balaban J connectivity index is 2.63. The van der Waals surface area contributed by atoms with E-state index in [1.165, 1.54) is 22.3 Å². The number of nitrogens with zero attached hydrogens (tertiary/aromatic N) is 1. The minimum Gasteiger partial charge on any atom is -0.478 e.